The first-order valence-electron chi connectivity index (χ1n) is 6.10. The lowest BCUT2D eigenvalue weighted by Crippen LogP contribution is -2.41. The van der Waals surface area contributed by atoms with Gasteiger partial charge in [-0.25, -0.2) is 0 Å². The predicted molar refractivity (Wildman–Crippen MR) is 67.4 cm³/mol. The molecule has 0 heterocycles. The van der Waals surface area contributed by atoms with E-state index in [1.807, 2.05) is 20.8 Å². The monoisotopic (exact) mass is 227 g/mol. The van der Waals surface area contributed by atoms with Gasteiger partial charge in [0.15, 0.2) is 0 Å². The van der Waals surface area contributed by atoms with Crippen LogP contribution in [0.4, 0.5) is 0 Å². The third-order valence-corrected chi connectivity index (χ3v) is 2.56. The minimum absolute atomic E-state index is 0.108. The molecule has 0 saturated heterocycles. The fraction of sp³-hybridized carbons (Fsp3) is 0.769. The molecule has 0 saturated carbocycles. The second kappa shape index (κ2) is 8.34. The van der Waals surface area contributed by atoms with E-state index < -0.39 is 0 Å². The number of hydrogen-bond donors (Lipinski definition) is 0. The zero-order valence-corrected chi connectivity index (χ0v) is 11.2. The molecule has 0 aromatic heterocycles. The predicted octanol–water partition coefficient (Wildman–Crippen LogP) is 2.62. The third-order valence-electron chi connectivity index (χ3n) is 2.56. The Bertz CT molecular complexity index is 228. The van der Waals surface area contributed by atoms with Gasteiger partial charge in [-0.1, -0.05) is 25.5 Å². The van der Waals surface area contributed by atoms with Crippen molar-refractivity contribution in [2.75, 3.05) is 19.7 Å². The van der Waals surface area contributed by atoms with Crippen molar-refractivity contribution in [3.63, 3.8) is 0 Å². The Labute approximate surface area is 99.5 Å². The molecule has 94 valence electrons. The fourth-order valence-corrected chi connectivity index (χ4v) is 1.64. The van der Waals surface area contributed by atoms with E-state index in [-0.39, 0.29) is 12.0 Å². The van der Waals surface area contributed by atoms with Gasteiger partial charge in [-0.3, -0.25) is 9.69 Å². The maximum absolute atomic E-state index is 11.8. The van der Waals surface area contributed by atoms with Crippen LogP contribution in [-0.4, -0.2) is 36.6 Å². The van der Waals surface area contributed by atoms with Gasteiger partial charge in [0, 0.05) is 0 Å². The summed E-state index contributed by atoms with van der Waals surface area (Å²) in [6.07, 6.45) is 2.84. The van der Waals surface area contributed by atoms with Gasteiger partial charge in [0.2, 0.25) is 0 Å². The Morgan fingerprint density at radius 1 is 1.25 bits per heavy atom. The summed E-state index contributed by atoms with van der Waals surface area (Å²) in [6.45, 7) is 12.3. The molecule has 0 fully saturated rings. The highest BCUT2D eigenvalue weighted by Gasteiger charge is 2.23. The molecule has 0 amide bonds. The number of nitrogens with zero attached hydrogens (tertiary/aromatic N) is 1. The van der Waals surface area contributed by atoms with Crippen LogP contribution in [0.25, 0.3) is 0 Å². The molecule has 0 aromatic rings. The van der Waals surface area contributed by atoms with Gasteiger partial charge in [-0.15, -0.1) is 0 Å². The molecule has 0 bridgehead atoms. The van der Waals surface area contributed by atoms with Crippen molar-refractivity contribution >= 4 is 5.97 Å². The lowest BCUT2D eigenvalue weighted by atomic mass is 10.1. The molecule has 0 aliphatic rings. The SMILES string of the molecule is CCOC(=O)C(CC=C(C)C)N(CC)CC. The number of allylic oxidation sites excluding steroid dienone is 1. The number of ether oxygens (including phenoxy) is 1. The van der Waals surface area contributed by atoms with Crippen LogP contribution < -0.4 is 0 Å². The summed E-state index contributed by atoms with van der Waals surface area (Å²) in [4.78, 5) is 14.0. The Morgan fingerprint density at radius 2 is 1.81 bits per heavy atom. The van der Waals surface area contributed by atoms with Crippen LogP contribution in [0, 0.1) is 0 Å². The lowest BCUT2D eigenvalue weighted by molar-refractivity contribution is -0.149. The summed E-state index contributed by atoms with van der Waals surface area (Å²) in [7, 11) is 0. The van der Waals surface area contributed by atoms with Crippen LogP contribution >= 0.6 is 0 Å². The summed E-state index contributed by atoms with van der Waals surface area (Å²) in [6, 6.07) is -0.134. The number of esters is 1. The molecule has 16 heavy (non-hydrogen) atoms. The average Bonchev–Trinajstić information content (AvgIpc) is 2.24. The highest BCUT2D eigenvalue weighted by atomic mass is 16.5. The van der Waals surface area contributed by atoms with Crippen molar-refractivity contribution in [1.29, 1.82) is 0 Å². The molecular formula is C13H25NO2. The number of carbonyl (C=O) groups excluding carboxylic acids is 1. The van der Waals surface area contributed by atoms with Crippen molar-refractivity contribution in [2.45, 2.75) is 47.1 Å². The van der Waals surface area contributed by atoms with Crippen molar-refractivity contribution < 1.29 is 9.53 Å². The van der Waals surface area contributed by atoms with Crippen molar-refractivity contribution in [2.24, 2.45) is 0 Å². The molecule has 3 heteroatoms. The Morgan fingerprint density at radius 3 is 2.19 bits per heavy atom. The molecular weight excluding hydrogens is 202 g/mol. The Hall–Kier alpha value is -0.830. The van der Waals surface area contributed by atoms with Gasteiger partial charge in [0.25, 0.3) is 0 Å². The van der Waals surface area contributed by atoms with Gasteiger partial charge in [-0.2, -0.15) is 0 Å². The summed E-state index contributed by atoms with van der Waals surface area (Å²) in [5.41, 5.74) is 1.24. The van der Waals surface area contributed by atoms with Crippen LogP contribution in [0.3, 0.4) is 0 Å². The number of likely N-dealkylation sites (N-methyl/N-ethyl adjacent to an activating group) is 1. The summed E-state index contributed by atoms with van der Waals surface area (Å²) in [5.74, 6) is -0.108. The molecule has 0 radical (unpaired) electrons. The highest BCUT2D eigenvalue weighted by molar-refractivity contribution is 5.76. The minimum Gasteiger partial charge on any atom is -0.465 e. The van der Waals surface area contributed by atoms with Crippen molar-refractivity contribution in [3.8, 4) is 0 Å². The van der Waals surface area contributed by atoms with E-state index in [9.17, 15) is 4.79 Å². The number of carbonyl (C=O) groups is 1. The molecule has 0 aromatic carbocycles. The van der Waals surface area contributed by atoms with E-state index in [0.717, 1.165) is 19.5 Å². The van der Waals surface area contributed by atoms with Crippen LogP contribution in [0.15, 0.2) is 11.6 Å². The smallest absolute Gasteiger partial charge is 0.323 e. The molecule has 0 N–H and O–H groups in total. The van der Waals surface area contributed by atoms with E-state index in [0.29, 0.717) is 6.61 Å². The fourth-order valence-electron chi connectivity index (χ4n) is 1.64. The first-order chi connectivity index (χ1) is 7.56. The first-order valence-corrected chi connectivity index (χ1v) is 6.10. The lowest BCUT2D eigenvalue weighted by Gasteiger charge is -2.27. The summed E-state index contributed by atoms with van der Waals surface area (Å²) >= 11 is 0. The molecule has 0 aliphatic carbocycles. The molecule has 0 spiro atoms. The van der Waals surface area contributed by atoms with Crippen LogP contribution in [0.2, 0.25) is 0 Å². The normalized spacial score (nSPS) is 12.4. The van der Waals surface area contributed by atoms with Crippen molar-refractivity contribution in [1.82, 2.24) is 4.90 Å². The second-order valence-electron chi connectivity index (χ2n) is 4.01. The zero-order chi connectivity index (χ0) is 12.6. The molecule has 1 atom stereocenters. The Balaban J connectivity index is 4.60. The van der Waals surface area contributed by atoms with Gasteiger partial charge >= 0.3 is 5.97 Å². The number of hydrogen-bond acceptors (Lipinski definition) is 3. The van der Waals surface area contributed by atoms with Crippen LogP contribution in [-0.2, 0) is 9.53 Å². The molecule has 1 unspecified atom stereocenters. The van der Waals surface area contributed by atoms with E-state index in [2.05, 4.69) is 24.8 Å². The third kappa shape index (κ3) is 5.31. The van der Waals surface area contributed by atoms with E-state index in [1.165, 1.54) is 5.57 Å². The van der Waals surface area contributed by atoms with E-state index >= 15 is 0 Å². The zero-order valence-electron chi connectivity index (χ0n) is 11.2. The van der Waals surface area contributed by atoms with Gasteiger partial charge in [0.1, 0.15) is 6.04 Å². The molecule has 3 nitrogen and oxygen atoms in total. The van der Waals surface area contributed by atoms with E-state index in [1.54, 1.807) is 0 Å². The molecule has 0 aliphatic heterocycles. The Kier molecular flexibility index (Phi) is 7.90. The number of rotatable bonds is 7. The summed E-state index contributed by atoms with van der Waals surface area (Å²) < 4.78 is 5.11. The first kappa shape index (κ1) is 15.2. The van der Waals surface area contributed by atoms with Gasteiger partial charge in [-0.05, 0) is 40.3 Å². The maximum atomic E-state index is 11.8. The average molecular weight is 227 g/mol. The van der Waals surface area contributed by atoms with E-state index in [4.69, 9.17) is 4.74 Å². The highest BCUT2D eigenvalue weighted by Crippen LogP contribution is 2.09. The minimum atomic E-state index is -0.134. The van der Waals surface area contributed by atoms with Crippen LogP contribution in [0.5, 0.6) is 0 Å². The second-order valence-corrected chi connectivity index (χ2v) is 4.01. The topological polar surface area (TPSA) is 29.5 Å². The standard InChI is InChI=1S/C13H25NO2/c1-6-14(7-2)12(10-9-11(4)5)13(15)16-8-3/h9,12H,6-8,10H2,1-5H3. The van der Waals surface area contributed by atoms with Gasteiger partial charge < -0.3 is 4.74 Å². The van der Waals surface area contributed by atoms with Gasteiger partial charge in [0.05, 0.1) is 6.61 Å². The summed E-state index contributed by atoms with van der Waals surface area (Å²) in [5, 5.41) is 0. The van der Waals surface area contributed by atoms with Crippen molar-refractivity contribution in [3.05, 3.63) is 11.6 Å². The quantitative estimate of drug-likeness (QED) is 0.494. The molecule has 0 rings (SSSR count). The van der Waals surface area contributed by atoms with Crippen LogP contribution in [0.1, 0.15) is 41.0 Å². The largest absolute Gasteiger partial charge is 0.465 e. The maximum Gasteiger partial charge on any atom is 0.323 e.